The van der Waals surface area contributed by atoms with E-state index in [0.29, 0.717) is 50.6 Å². The first kappa shape index (κ1) is 34.8. The maximum absolute atomic E-state index is 14.9. The number of fused-ring (bicyclic) bond motifs is 2. The smallest absolute Gasteiger partial charge is 0.416 e. The summed E-state index contributed by atoms with van der Waals surface area (Å²) in [4.78, 5) is 11.1. The molecule has 4 N–H and O–H groups in total. The monoisotopic (exact) mass is 728 g/mol. The number of alkyl halides is 3. The van der Waals surface area contributed by atoms with Crippen molar-refractivity contribution in [2.45, 2.75) is 50.9 Å². The summed E-state index contributed by atoms with van der Waals surface area (Å²) in [7, 11) is 4.17. The van der Waals surface area contributed by atoms with Crippen molar-refractivity contribution in [2.24, 2.45) is 0 Å². The molecule has 0 spiro atoms. The summed E-state index contributed by atoms with van der Waals surface area (Å²) in [5.41, 5.74) is 2.80. The van der Waals surface area contributed by atoms with Gasteiger partial charge in [-0.15, -0.1) is 20.4 Å². The number of benzene rings is 2. The van der Waals surface area contributed by atoms with Crippen LogP contribution in [0.15, 0.2) is 54.7 Å². The molecule has 0 aliphatic carbocycles. The number of aromatic nitrogens is 6. The van der Waals surface area contributed by atoms with Gasteiger partial charge in [0.05, 0.1) is 16.6 Å². The molecule has 6 heterocycles. The lowest BCUT2D eigenvalue weighted by molar-refractivity contribution is -0.137. The van der Waals surface area contributed by atoms with Gasteiger partial charge in [0.2, 0.25) is 0 Å². The molecule has 2 atom stereocenters. The van der Waals surface area contributed by atoms with Crippen molar-refractivity contribution in [3.63, 3.8) is 0 Å². The van der Waals surface area contributed by atoms with Crippen molar-refractivity contribution in [3.8, 4) is 34.1 Å². The second-order valence-corrected chi connectivity index (χ2v) is 14.2. The number of piperidine rings is 2. The highest BCUT2D eigenvalue weighted by molar-refractivity contribution is 6.01. The Balaban J connectivity index is 1.18. The maximum Gasteiger partial charge on any atom is 0.416 e. The maximum atomic E-state index is 14.9. The van der Waals surface area contributed by atoms with Crippen molar-refractivity contribution in [2.75, 3.05) is 50.9 Å². The SMILES string of the molecule is Cc1cc(C(F)(F)F)ccc1-c1nnc(N[C@@H]2CCCN(C)C2)c2cc(Oc3cc(F)ccc3-c3nnc(N[C@@H]4CCCN(C)C4)c4[nH]ccc34)[nH]c12. The molecule has 2 aliphatic rings. The van der Waals surface area contributed by atoms with E-state index in [4.69, 9.17) is 4.74 Å². The predicted octanol–water partition coefficient (Wildman–Crippen LogP) is 7.83. The van der Waals surface area contributed by atoms with E-state index in [9.17, 15) is 17.6 Å². The average molecular weight is 729 g/mol. The Labute approximate surface area is 303 Å². The van der Waals surface area contributed by atoms with Crippen molar-refractivity contribution in [1.82, 2.24) is 40.2 Å². The number of nitrogens with zero attached hydrogens (tertiary/aromatic N) is 6. The Morgan fingerprint density at radius 3 is 2.15 bits per heavy atom. The molecule has 276 valence electrons. The summed E-state index contributed by atoms with van der Waals surface area (Å²) in [5, 5.41) is 26.7. The Morgan fingerprint density at radius 2 is 1.45 bits per heavy atom. The standard InChI is InChI=1S/C38H40F4N10O/c1-21-16-22(38(40,41)42)8-10-26(21)34-33-29(36(49-48-34)44-24-6-4-14-51(2)19-24)18-31(46-33)53-30-17-23(39)9-11-27(30)32-28-12-13-43-35(28)37(50-47-32)45-25-7-5-15-52(3)20-25/h8-13,16-18,24-25,43,46H,4-7,14-15,19-20H2,1-3H3,(H,44,49)(H,45,50)/t24-,25-/m1/s1. The number of halogens is 4. The van der Waals surface area contributed by atoms with Gasteiger partial charge in [0.25, 0.3) is 0 Å². The highest BCUT2D eigenvalue weighted by Gasteiger charge is 2.31. The molecular weight excluding hydrogens is 688 g/mol. The first-order valence-corrected chi connectivity index (χ1v) is 17.8. The number of aryl methyl sites for hydroxylation is 1. The lowest BCUT2D eigenvalue weighted by atomic mass is 10.0. The molecule has 15 heteroatoms. The Kier molecular flexibility index (Phi) is 9.15. The van der Waals surface area contributed by atoms with Crippen LogP contribution in [0.3, 0.4) is 0 Å². The number of ether oxygens (including phenoxy) is 1. The van der Waals surface area contributed by atoms with Gasteiger partial charge < -0.3 is 35.1 Å². The van der Waals surface area contributed by atoms with Gasteiger partial charge in [-0.05, 0) is 95.7 Å². The molecule has 53 heavy (non-hydrogen) atoms. The van der Waals surface area contributed by atoms with Crippen molar-refractivity contribution >= 4 is 33.4 Å². The third kappa shape index (κ3) is 7.10. The Morgan fingerprint density at radius 1 is 0.774 bits per heavy atom. The van der Waals surface area contributed by atoms with Crippen LogP contribution in [0.5, 0.6) is 11.6 Å². The van der Waals surface area contributed by atoms with Crippen LogP contribution < -0.4 is 15.4 Å². The van der Waals surface area contributed by atoms with Gasteiger partial charge in [0.15, 0.2) is 17.5 Å². The van der Waals surface area contributed by atoms with Crippen molar-refractivity contribution < 1.29 is 22.3 Å². The minimum Gasteiger partial charge on any atom is -0.440 e. The second kappa shape index (κ2) is 13.9. The van der Waals surface area contributed by atoms with Gasteiger partial charge in [-0.2, -0.15) is 13.2 Å². The zero-order valence-corrected chi connectivity index (χ0v) is 29.6. The van der Waals surface area contributed by atoms with Crippen LogP contribution in [-0.2, 0) is 6.18 Å². The molecule has 8 rings (SSSR count). The number of rotatable bonds is 8. The van der Waals surface area contributed by atoms with E-state index in [1.807, 2.05) is 12.3 Å². The third-order valence-electron chi connectivity index (χ3n) is 10.2. The van der Waals surface area contributed by atoms with Gasteiger partial charge in [-0.25, -0.2) is 4.39 Å². The molecule has 0 bridgehead atoms. The number of likely N-dealkylation sites (N-methyl/N-ethyl adjacent to an activating group) is 2. The molecule has 4 aromatic heterocycles. The zero-order chi connectivity index (χ0) is 36.9. The summed E-state index contributed by atoms with van der Waals surface area (Å²) >= 11 is 0. The summed E-state index contributed by atoms with van der Waals surface area (Å²) in [6, 6.07) is 11.8. The number of hydrogen-bond acceptors (Lipinski definition) is 9. The molecule has 0 amide bonds. The number of anilines is 2. The minimum absolute atomic E-state index is 0.109. The fourth-order valence-electron chi connectivity index (χ4n) is 7.58. The topological polar surface area (TPSA) is 123 Å². The van der Waals surface area contributed by atoms with E-state index in [-0.39, 0.29) is 23.7 Å². The van der Waals surface area contributed by atoms with Crippen LogP contribution in [0.1, 0.15) is 36.8 Å². The first-order chi connectivity index (χ1) is 25.5. The van der Waals surface area contributed by atoms with E-state index in [1.165, 1.54) is 18.2 Å². The highest BCUT2D eigenvalue weighted by Crippen LogP contribution is 2.41. The van der Waals surface area contributed by atoms with Crippen LogP contribution in [0.25, 0.3) is 44.3 Å². The number of H-pyrrole nitrogens is 2. The normalized spacial score (nSPS) is 18.8. The van der Waals surface area contributed by atoms with Gasteiger partial charge in [-0.3, -0.25) is 0 Å². The summed E-state index contributed by atoms with van der Waals surface area (Å²) in [6.07, 6.45) is 1.40. The Bertz CT molecular complexity index is 2290. The molecule has 0 radical (unpaired) electrons. The fourth-order valence-corrected chi connectivity index (χ4v) is 7.58. The largest absolute Gasteiger partial charge is 0.440 e. The quantitative estimate of drug-likeness (QED) is 0.116. The van der Waals surface area contributed by atoms with E-state index in [1.54, 1.807) is 19.1 Å². The van der Waals surface area contributed by atoms with Crippen LogP contribution in [0.2, 0.25) is 0 Å². The molecule has 2 fully saturated rings. The van der Waals surface area contributed by atoms with Gasteiger partial charge in [0.1, 0.15) is 23.0 Å². The van der Waals surface area contributed by atoms with E-state index < -0.39 is 17.6 Å². The molecule has 0 unspecified atom stereocenters. The van der Waals surface area contributed by atoms with Crippen LogP contribution in [0, 0.1) is 12.7 Å². The molecule has 11 nitrogen and oxygen atoms in total. The van der Waals surface area contributed by atoms with Crippen LogP contribution >= 0.6 is 0 Å². The molecule has 6 aromatic rings. The summed E-state index contributed by atoms with van der Waals surface area (Å²) < 4.78 is 62.0. The molecule has 2 saturated heterocycles. The molecular formula is C38H40F4N10O. The number of hydrogen-bond donors (Lipinski definition) is 4. The average Bonchev–Trinajstić information content (AvgIpc) is 3.78. The van der Waals surface area contributed by atoms with Crippen LogP contribution in [-0.4, -0.2) is 92.5 Å². The van der Waals surface area contributed by atoms with E-state index in [0.717, 1.165) is 74.9 Å². The van der Waals surface area contributed by atoms with Gasteiger partial charge in [-0.1, -0.05) is 6.07 Å². The molecule has 2 aromatic carbocycles. The minimum atomic E-state index is -4.49. The second-order valence-electron chi connectivity index (χ2n) is 14.2. The Hall–Kier alpha value is -5.28. The lowest BCUT2D eigenvalue weighted by Gasteiger charge is -2.30. The first-order valence-electron chi connectivity index (χ1n) is 17.8. The number of nitrogens with one attached hydrogen (secondary N) is 4. The van der Waals surface area contributed by atoms with Crippen molar-refractivity contribution in [3.05, 3.63) is 71.7 Å². The highest BCUT2D eigenvalue weighted by atomic mass is 19.4. The number of aromatic amines is 2. The zero-order valence-electron chi connectivity index (χ0n) is 29.6. The van der Waals surface area contributed by atoms with Crippen molar-refractivity contribution in [1.29, 1.82) is 0 Å². The van der Waals surface area contributed by atoms with Gasteiger partial charge >= 0.3 is 6.18 Å². The molecule has 0 saturated carbocycles. The predicted molar refractivity (Wildman–Crippen MR) is 197 cm³/mol. The third-order valence-corrected chi connectivity index (χ3v) is 10.2. The summed E-state index contributed by atoms with van der Waals surface area (Å²) in [5.74, 6) is 1.09. The van der Waals surface area contributed by atoms with Crippen LogP contribution in [0.4, 0.5) is 29.2 Å². The number of likely N-dealkylation sites (tertiary alicyclic amines) is 2. The van der Waals surface area contributed by atoms with E-state index >= 15 is 0 Å². The summed E-state index contributed by atoms with van der Waals surface area (Å²) in [6.45, 7) is 5.37. The van der Waals surface area contributed by atoms with E-state index in [2.05, 4.69) is 64.9 Å². The van der Waals surface area contributed by atoms with Gasteiger partial charge in [0, 0.05) is 65.4 Å². The fraction of sp³-hybridized carbons (Fsp3) is 0.368. The molecule has 2 aliphatic heterocycles. The lowest BCUT2D eigenvalue weighted by Crippen LogP contribution is -2.40.